The van der Waals surface area contributed by atoms with Gasteiger partial charge in [0.25, 0.3) is 0 Å². The number of aliphatic hydroxyl groups is 4. The predicted molar refractivity (Wildman–Crippen MR) is 41.6 cm³/mol. The molecule has 0 aliphatic carbocycles. The van der Waals surface area contributed by atoms with Crippen molar-refractivity contribution in [3.63, 3.8) is 0 Å². The average molecular weight is 247 g/mol. The number of hydrogen-bond acceptors (Lipinski definition) is 7. The van der Waals surface area contributed by atoms with Gasteiger partial charge in [0.2, 0.25) is 0 Å². The molecule has 16 heavy (non-hydrogen) atoms. The molecule has 0 radical (unpaired) electrons. The first-order valence-corrected chi connectivity index (χ1v) is 4.14. The third-order valence-electron chi connectivity index (χ3n) is 2.17. The zero-order valence-corrected chi connectivity index (χ0v) is 10.5. The molecule has 0 spiro atoms. The van der Waals surface area contributed by atoms with Gasteiger partial charge in [-0.15, -0.1) is 0 Å². The van der Waals surface area contributed by atoms with E-state index in [0.29, 0.717) is 0 Å². The summed E-state index contributed by atoms with van der Waals surface area (Å²) in [4.78, 5) is -0.373. The molecule has 5 N–H and O–H groups in total. The van der Waals surface area contributed by atoms with Crippen molar-refractivity contribution in [2.45, 2.75) is 30.6 Å². The molecule has 1 heterocycles. The number of hydrogen-bond donors (Lipinski definition) is 5. The van der Waals surface area contributed by atoms with Crippen LogP contribution in [0.1, 0.15) is 0 Å². The fourth-order valence-electron chi connectivity index (χ4n) is 1.32. The summed E-state index contributed by atoms with van der Waals surface area (Å²) in [5, 5.41) is 57.8. The minimum absolute atomic E-state index is 0. The molecule has 0 saturated carbocycles. The molecule has 0 bridgehead atoms. The van der Waals surface area contributed by atoms with Gasteiger partial charge >= 0.3 is 35.8 Å². The Balaban J connectivity index is 0.00000225. The van der Waals surface area contributed by atoms with Gasteiger partial charge < -0.3 is 35.6 Å². The molecule has 10 heteroatoms. The van der Waals surface area contributed by atoms with Crippen molar-refractivity contribution in [3.05, 3.63) is 5.21 Å². The molecule has 0 amide bonds. The van der Waals surface area contributed by atoms with E-state index in [2.05, 4.69) is 5.28 Å². The number of ether oxygens (including phenoxy) is 1. The third kappa shape index (κ3) is 3.02. The molecule has 0 aromatic rings. The summed E-state index contributed by atoms with van der Waals surface area (Å²) in [6, 6.07) is 0. The van der Waals surface area contributed by atoms with E-state index < -0.39 is 37.3 Å². The zero-order chi connectivity index (χ0) is 11.6. The largest absolute Gasteiger partial charge is 1.00 e. The molecule has 5 atom stereocenters. The Hall–Kier alpha value is 0.0000000000000000416. The summed E-state index contributed by atoms with van der Waals surface area (Å²) in [6.07, 6.45) is -7.83. The molecule has 1 fully saturated rings. The molecule has 1 aliphatic rings. The van der Waals surface area contributed by atoms with Crippen molar-refractivity contribution >= 4 is 0 Å². The van der Waals surface area contributed by atoms with Crippen LogP contribution in [0.5, 0.6) is 0 Å². The van der Waals surface area contributed by atoms with Crippen LogP contribution < -0.4 is 29.6 Å². The molecule has 0 aromatic carbocycles. The van der Waals surface area contributed by atoms with Gasteiger partial charge in [-0.2, -0.15) is 0 Å². The summed E-state index contributed by atoms with van der Waals surface area (Å²) in [5.41, 5.74) is 0. The SMILES string of the molecule is [Na+].[O-][N+](=NO)[C@@H]1O[C@H](CO)[C@@H](O)[C@H](O)[C@@H]1O. The molecular weight excluding hydrogens is 235 g/mol. The van der Waals surface area contributed by atoms with Gasteiger partial charge in [-0.05, 0) is 4.86 Å². The van der Waals surface area contributed by atoms with Crippen LogP contribution in [0.4, 0.5) is 0 Å². The van der Waals surface area contributed by atoms with Crippen molar-refractivity contribution in [1.82, 2.24) is 0 Å². The van der Waals surface area contributed by atoms with Crippen molar-refractivity contribution in [2.75, 3.05) is 6.61 Å². The van der Waals surface area contributed by atoms with Crippen LogP contribution in [0.15, 0.2) is 5.28 Å². The van der Waals surface area contributed by atoms with E-state index in [1.54, 1.807) is 0 Å². The van der Waals surface area contributed by atoms with Crippen LogP contribution in [0.2, 0.25) is 0 Å². The van der Waals surface area contributed by atoms with Crippen molar-refractivity contribution < 1.29 is 64.8 Å². The number of nitrogens with zero attached hydrogens (tertiary/aromatic N) is 2. The predicted octanol–water partition coefficient (Wildman–Crippen LogP) is -5.86. The number of rotatable bonds is 2. The van der Waals surface area contributed by atoms with Crippen LogP contribution in [0.3, 0.4) is 0 Å². The van der Waals surface area contributed by atoms with Gasteiger partial charge in [0.1, 0.15) is 18.3 Å². The molecule has 0 unspecified atom stereocenters. The Kier molecular flexibility index (Phi) is 6.67. The standard InChI is InChI=1S/C6H12N2O7.Na/c9-1-2-3(10)4(11)5(12)6(15-2)8(14)7-13;/h2-6,9-13H,1H2;/q;+1/t2-,3-,4+,5+,6-;/m1./s1. The maximum absolute atomic E-state index is 10.8. The Bertz CT molecular complexity index is 251. The second-order valence-electron chi connectivity index (χ2n) is 3.11. The van der Waals surface area contributed by atoms with Crippen LogP contribution in [0, 0.1) is 5.21 Å². The molecule has 0 aromatic heterocycles. The maximum Gasteiger partial charge on any atom is 1.00 e. The van der Waals surface area contributed by atoms with E-state index in [4.69, 9.17) is 15.1 Å². The van der Waals surface area contributed by atoms with Gasteiger partial charge in [-0.1, -0.05) is 0 Å². The molecular formula is C6H12N2NaO7+. The average Bonchev–Trinajstić information content (AvgIpc) is 2.25. The molecule has 9 nitrogen and oxygen atoms in total. The molecule has 1 saturated heterocycles. The Morgan fingerprint density at radius 3 is 2.19 bits per heavy atom. The second kappa shape index (κ2) is 6.67. The normalized spacial score (nSPS) is 40.2. The second-order valence-corrected chi connectivity index (χ2v) is 3.11. The summed E-state index contributed by atoms with van der Waals surface area (Å²) in [5.74, 6) is 0. The van der Waals surface area contributed by atoms with Gasteiger partial charge in [-0.3, -0.25) is 0 Å². The van der Waals surface area contributed by atoms with E-state index in [9.17, 15) is 20.5 Å². The molecule has 1 rings (SSSR count). The molecule has 1 aliphatic heterocycles. The monoisotopic (exact) mass is 247 g/mol. The topological polar surface area (TPSA) is 149 Å². The summed E-state index contributed by atoms with van der Waals surface area (Å²) >= 11 is 0. The zero-order valence-electron chi connectivity index (χ0n) is 8.54. The van der Waals surface area contributed by atoms with Crippen LogP contribution >= 0.6 is 0 Å². The quantitative estimate of drug-likeness (QED) is 0.141. The Labute approximate surface area is 112 Å². The van der Waals surface area contributed by atoms with Gasteiger partial charge in [0, 0.05) is 0 Å². The summed E-state index contributed by atoms with van der Waals surface area (Å²) < 4.78 is 4.73. The van der Waals surface area contributed by atoms with Gasteiger partial charge in [0.05, 0.1) is 6.61 Å². The van der Waals surface area contributed by atoms with E-state index >= 15 is 0 Å². The molecule has 88 valence electrons. The van der Waals surface area contributed by atoms with Crippen molar-refractivity contribution in [1.29, 1.82) is 0 Å². The first-order valence-electron chi connectivity index (χ1n) is 4.14. The third-order valence-corrected chi connectivity index (χ3v) is 2.17. The first kappa shape index (κ1) is 16.0. The van der Waals surface area contributed by atoms with Crippen molar-refractivity contribution in [2.24, 2.45) is 5.28 Å². The smallest absolute Gasteiger partial charge is 0.595 e. The maximum atomic E-state index is 10.8. The van der Waals surface area contributed by atoms with E-state index in [-0.39, 0.29) is 34.4 Å². The Morgan fingerprint density at radius 1 is 1.19 bits per heavy atom. The number of hydroxylamine groups is 1. The number of aliphatic hydroxyl groups excluding tert-OH is 4. The van der Waals surface area contributed by atoms with Gasteiger partial charge in [0.15, 0.2) is 11.4 Å². The minimum atomic E-state index is -1.74. The van der Waals surface area contributed by atoms with E-state index in [1.807, 2.05) is 0 Å². The van der Waals surface area contributed by atoms with Gasteiger partial charge in [-0.25, -0.2) is 0 Å². The fraction of sp³-hybridized carbons (Fsp3) is 1.00. The fourth-order valence-corrected chi connectivity index (χ4v) is 1.32. The minimum Gasteiger partial charge on any atom is -0.595 e. The van der Waals surface area contributed by atoms with Crippen LogP contribution in [-0.4, -0.2) is 67.7 Å². The van der Waals surface area contributed by atoms with Crippen LogP contribution in [0.25, 0.3) is 0 Å². The van der Waals surface area contributed by atoms with E-state index in [1.165, 1.54) is 0 Å². The first-order chi connectivity index (χ1) is 7.02. The summed E-state index contributed by atoms with van der Waals surface area (Å²) in [7, 11) is 0. The van der Waals surface area contributed by atoms with E-state index in [0.717, 1.165) is 0 Å². The van der Waals surface area contributed by atoms with Crippen LogP contribution in [-0.2, 0) is 4.74 Å². The summed E-state index contributed by atoms with van der Waals surface area (Å²) in [6.45, 7) is -0.652. The Morgan fingerprint density at radius 2 is 1.75 bits per heavy atom. The van der Waals surface area contributed by atoms with Crippen molar-refractivity contribution in [3.8, 4) is 0 Å².